The van der Waals surface area contributed by atoms with Crippen LogP contribution < -0.4 is 16.2 Å². The van der Waals surface area contributed by atoms with Crippen molar-refractivity contribution in [2.75, 3.05) is 0 Å². The van der Waals surface area contributed by atoms with Crippen LogP contribution in [0.4, 0.5) is 4.79 Å². The average molecular weight is 247 g/mol. The maximum Gasteiger partial charge on any atom is 0.333 e. The number of carbonyl (C=O) groups is 2. The molecule has 0 bridgehead atoms. The molecule has 1 unspecified atom stereocenters. The average Bonchev–Trinajstić information content (AvgIpc) is 3.21. The topological polar surface area (TPSA) is 70.2 Å². The smallest absolute Gasteiger partial charge is 0.333 e. The molecule has 1 fully saturated rings. The maximum atomic E-state index is 11.6. The second-order valence-corrected chi connectivity index (χ2v) is 4.54. The largest absolute Gasteiger partial charge is 0.334 e. The Hall–Kier alpha value is -2.04. The lowest BCUT2D eigenvalue weighted by atomic mass is 10.2. The van der Waals surface area contributed by atoms with Crippen molar-refractivity contribution >= 4 is 11.9 Å². The lowest BCUT2D eigenvalue weighted by Gasteiger charge is -2.14. The van der Waals surface area contributed by atoms with E-state index in [1.165, 1.54) is 0 Å². The second-order valence-electron chi connectivity index (χ2n) is 4.54. The van der Waals surface area contributed by atoms with Crippen molar-refractivity contribution in [3.63, 3.8) is 0 Å². The van der Waals surface area contributed by atoms with Crippen LogP contribution in [0.3, 0.4) is 0 Å². The Kier molecular flexibility index (Phi) is 3.82. The fraction of sp³-hybridized carbons (Fsp3) is 0.385. The van der Waals surface area contributed by atoms with Crippen LogP contribution >= 0.6 is 0 Å². The number of hydrogen-bond donors (Lipinski definition) is 3. The zero-order valence-electron chi connectivity index (χ0n) is 10.3. The first-order valence-electron chi connectivity index (χ1n) is 6.08. The molecular weight excluding hydrogens is 230 g/mol. The predicted octanol–water partition coefficient (Wildman–Crippen LogP) is 1.43. The van der Waals surface area contributed by atoms with Gasteiger partial charge in [0.2, 0.25) is 0 Å². The normalized spacial score (nSPS) is 15.6. The molecule has 96 valence electrons. The molecule has 1 saturated carbocycles. The van der Waals surface area contributed by atoms with E-state index in [9.17, 15) is 9.59 Å². The van der Waals surface area contributed by atoms with Crippen LogP contribution in [0, 0.1) is 5.92 Å². The SMILES string of the molecule is CC(NC(=O)NNC(=O)c1ccccc1)C1CC1. The molecule has 1 aliphatic rings. The van der Waals surface area contributed by atoms with Crippen molar-refractivity contribution in [1.29, 1.82) is 0 Å². The van der Waals surface area contributed by atoms with E-state index in [-0.39, 0.29) is 18.0 Å². The lowest BCUT2D eigenvalue weighted by Crippen LogP contribution is -2.49. The highest BCUT2D eigenvalue weighted by molar-refractivity contribution is 5.95. The number of hydrogen-bond acceptors (Lipinski definition) is 2. The molecule has 2 rings (SSSR count). The molecule has 5 nitrogen and oxygen atoms in total. The molecule has 1 atom stereocenters. The zero-order valence-corrected chi connectivity index (χ0v) is 10.3. The molecule has 0 heterocycles. The van der Waals surface area contributed by atoms with E-state index in [4.69, 9.17) is 0 Å². The highest BCUT2D eigenvalue weighted by Gasteiger charge is 2.28. The third-order valence-electron chi connectivity index (χ3n) is 3.01. The Morgan fingerprint density at radius 3 is 2.44 bits per heavy atom. The molecular formula is C13H17N3O2. The zero-order chi connectivity index (χ0) is 13.0. The minimum atomic E-state index is -0.376. The van der Waals surface area contributed by atoms with Gasteiger partial charge in [-0.2, -0.15) is 0 Å². The van der Waals surface area contributed by atoms with Crippen molar-refractivity contribution in [2.24, 2.45) is 5.92 Å². The van der Waals surface area contributed by atoms with Gasteiger partial charge in [-0.1, -0.05) is 18.2 Å². The summed E-state index contributed by atoms with van der Waals surface area (Å²) in [5.74, 6) is 0.255. The van der Waals surface area contributed by atoms with Gasteiger partial charge in [-0.3, -0.25) is 10.2 Å². The molecule has 0 aliphatic heterocycles. The molecule has 1 aliphatic carbocycles. The number of amides is 3. The summed E-state index contributed by atoms with van der Waals surface area (Å²) in [7, 11) is 0. The molecule has 18 heavy (non-hydrogen) atoms. The van der Waals surface area contributed by atoms with E-state index in [1.807, 2.05) is 13.0 Å². The van der Waals surface area contributed by atoms with Crippen molar-refractivity contribution in [1.82, 2.24) is 16.2 Å². The quantitative estimate of drug-likeness (QED) is 0.707. The van der Waals surface area contributed by atoms with E-state index in [2.05, 4.69) is 16.2 Å². The highest BCUT2D eigenvalue weighted by atomic mass is 16.2. The molecule has 0 spiro atoms. The van der Waals surface area contributed by atoms with E-state index in [0.29, 0.717) is 11.5 Å². The summed E-state index contributed by atoms with van der Waals surface area (Å²) in [5.41, 5.74) is 5.21. The maximum absolute atomic E-state index is 11.6. The van der Waals surface area contributed by atoms with E-state index in [0.717, 1.165) is 12.8 Å². The molecule has 3 N–H and O–H groups in total. The Balaban J connectivity index is 1.74. The van der Waals surface area contributed by atoms with Crippen molar-refractivity contribution in [3.05, 3.63) is 35.9 Å². The number of benzene rings is 1. The van der Waals surface area contributed by atoms with Crippen LogP contribution in [0.1, 0.15) is 30.1 Å². The number of nitrogens with one attached hydrogen (secondary N) is 3. The summed E-state index contributed by atoms with van der Waals surface area (Å²) in [5, 5.41) is 2.78. The van der Waals surface area contributed by atoms with Crippen molar-refractivity contribution in [3.8, 4) is 0 Å². The van der Waals surface area contributed by atoms with Gasteiger partial charge in [0.05, 0.1) is 0 Å². The highest BCUT2D eigenvalue weighted by Crippen LogP contribution is 2.32. The van der Waals surface area contributed by atoms with Gasteiger partial charge in [0.1, 0.15) is 0 Å². The second kappa shape index (κ2) is 5.53. The third-order valence-corrected chi connectivity index (χ3v) is 3.01. The standard InChI is InChI=1S/C13H17N3O2/c1-9(10-7-8-10)14-13(18)16-15-12(17)11-5-3-2-4-6-11/h2-6,9-10H,7-8H2,1H3,(H,15,17)(H2,14,16,18). The Bertz CT molecular complexity index is 429. The predicted molar refractivity (Wildman–Crippen MR) is 67.8 cm³/mol. The summed E-state index contributed by atoms with van der Waals surface area (Å²) in [6.07, 6.45) is 2.33. The van der Waals surface area contributed by atoms with Crippen LogP contribution in [-0.4, -0.2) is 18.0 Å². The number of rotatable bonds is 3. The number of carbonyl (C=O) groups excluding carboxylic acids is 2. The first-order chi connectivity index (χ1) is 8.66. The van der Waals surface area contributed by atoms with Gasteiger partial charge in [0.25, 0.3) is 5.91 Å². The molecule has 0 saturated heterocycles. The van der Waals surface area contributed by atoms with Gasteiger partial charge >= 0.3 is 6.03 Å². The van der Waals surface area contributed by atoms with Gasteiger partial charge in [0.15, 0.2) is 0 Å². The van der Waals surface area contributed by atoms with E-state index >= 15 is 0 Å². The summed E-state index contributed by atoms with van der Waals surface area (Å²) in [6.45, 7) is 1.97. The molecule has 0 radical (unpaired) electrons. The van der Waals surface area contributed by atoms with Gasteiger partial charge in [-0.25, -0.2) is 10.2 Å². The Labute approximate surface area is 106 Å². The summed E-state index contributed by atoms with van der Waals surface area (Å²) >= 11 is 0. The van der Waals surface area contributed by atoms with Gasteiger partial charge in [0, 0.05) is 11.6 Å². The fourth-order valence-electron chi connectivity index (χ4n) is 1.73. The third kappa shape index (κ3) is 3.48. The van der Waals surface area contributed by atoms with Crippen molar-refractivity contribution < 1.29 is 9.59 Å². The molecule has 5 heteroatoms. The van der Waals surface area contributed by atoms with Gasteiger partial charge in [-0.05, 0) is 37.8 Å². The minimum Gasteiger partial charge on any atom is -0.334 e. The first-order valence-corrected chi connectivity index (χ1v) is 6.08. The fourth-order valence-corrected chi connectivity index (χ4v) is 1.73. The van der Waals surface area contributed by atoms with Gasteiger partial charge in [-0.15, -0.1) is 0 Å². The van der Waals surface area contributed by atoms with Crippen LogP contribution in [-0.2, 0) is 0 Å². The summed E-state index contributed by atoms with van der Waals surface area (Å²) in [4.78, 5) is 23.1. The number of urea groups is 1. The monoisotopic (exact) mass is 247 g/mol. The van der Waals surface area contributed by atoms with Crippen LogP contribution in [0.2, 0.25) is 0 Å². The van der Waals surface area contributed by atoms with E-state index < -0.39 is 0 Å². The summed E-state index contributed by atoms with van der Waals surface area (Å²) < 4.78 is 0. The molecule has 3 amide bonds. The summed E-state index contributed by atoms with van der Waals surface area (Å²) in [6, 6.07) is 8.50. The van der Waals surface area contributed by atoms with Crippen molar-refractivity contribution in [2.45, 2.75) is 25.8 Å². The molecule has 1 aromatic rings. The first kappa shape index (κ1) is 12.4. The number of hydrazine groups is 1. The lowest BCUT2D eigenvalue weighted by molar-refractivity contribution is 0.0936. The Morgan fingerprint density at radius 2 is 1.83 bits per heavy atom. The van der Waals surface area contributed by atoms with Crippen LogP contribution in [0.25, 0.3) is 0 Å². The van der Waals surface area contributed by atoms with Gasteiger partial charge < -0.3 is 5.32 Å². The minimum absolute atomic E-state index is 0.152. The Morgan fingerprint density at radius 1 is 1.17 bits per heavy atom. The van der Waals surface area contributed by atoms with Crippen LogP contribution in [0.15, 0.2) is 30.3 Å². The van der Waals surface area contributed by atoms with E-state index in [1.54, 1.807) is 24.3 Å². The molecule has 1 aromatic carbocycles. The van der Waals surface area contributed by atoms with Crippen LogP contribution in [0.5, 0.6) is 0 Å². The molecule has 0 aromatic heterocycles.